The van der Waals surface area contributed by atoms with Crippen LogP contribution in [0.15, 0.2) is 255 Å². The summed E-state index contributed by atoms with van der Waals surface area (Å²) in [7, 11) is 0. The minimum Gasteiger partial charge on any atom is -0.135 e. The van der Waals surface area contributed by atoms with Gasteiger partial charge in [-0.1, -0.05) is 200 Å². The Morgan fingerprint density at radius 1 is 0.179 bits per heavy atom. The van der Waals surface area contributed by atoms with Crippen molar-refractivity contribution in [1.82, 2.24) is 0 Å². The lowest BCUT2D eigenvalue weighted by atomic mass is 9.90. The zero-order chi connectivity index (χ0) is 44.3. The number of hydrogen-bond acceptors (Lipinski definition) is 1. The van der Waals surface area contributed by atoms with Crippen molar-refractivity contribution in [3.05, 3.63) is 255 Å². The molecule has 0 saturated heterocycles. The van der Waals surface area contributed by atoms with Gasteiger partial charge in [0.2, 0.25) is 0 Å². The SMILES string of the molecule is c1ccc(-c2cc(-c3cccc(-c4cccc(-c5ccc6c7ccccc7c7ccccc7c6c5)c4)c3)cc(-c3cccc(-c4cccc(-c5cccc6c5sc5ccccc56)c4)c3)c2)cc1. The summed E-state index contributed by atoms with van der Waals surface area (Å²) in [6, 6.07) is 94.0. The van der Waals surface area contributed by atoms with Crippen LogP contribution in [0.1, 0.15) is 0 Å². The van der Waals surface area contributed by atoms with Gasteiger partial charge in [-0.2, -0.15) is 0 Å². The molecule has 13 rings (SSSR count). The molecule has 312 valence electrons. The van der Waals surface area contributed by atoms with E-state index in [1.165, 1.54) is 130 Å². The van der Waals surface area contributed by atoms with Crippen LogP contribution in [-0.2, 0) is 0 Å². The Morgan fingerprint density at radius 2 is 0.522 bits per heavy atom. The first-order chi connectivity index (χ1) is 33.2. The number of rotatable bonds is 7. The van der Waals surface area contributed by atoms with E-state index in [0.29, 0.717) is 0 Å². The fourth-order valence-electron chi connectivity index (χ4n) is 10.3. The van der Waals surface area contributed by atoms with E-state index in [1.54, 1.807) is 0 Å². The molecule has 0 atom stereocenters. The summed E-state index contributed by atoms with van der Waals surface area (Å²) in [6.45, 7) is 0. The van der Waals surface area contributed by atoms with E-state index < -0.39 is 0 Å². The van der Waals surface area contributed by atoms with E-state index in [9.17, 15) is 0 Å². The Bertz CT molecular complexity index is 4000. The van der Waals surface area contributed by atoms with Gasteiger partial charge >= 0.3 is 0 Å². The molecule has 0 saturated carbocycles. The largest absolute Gasteiger partial charge is 0.135 e. The van der Waals surface area contributed by atoms with Crippen molar-refractivity contribution in [2.45, 2.75) is 0 Å². The van der Waals surface area contributed by atoms with Crippen LogP contribution >= 0.6 is 11.3 Å². The average molecular weight is 867 g/mol. The second-order valence-electron chi connectivity index (χ2n) is 17.6. The predicted octanol–water partition coefficient (Wildman–Crippen LogP) is 19.2. The third kappa shape index (κ3) is 7.00. The molecule has 0 aliphatic carbocycles. The van der Waals surface area contributed by atoms with Gasteiger partial charge in [-0.25, -0.2) is 0 Å². The molecule has 0 bridgehead atoms. The Balaban J connectivity index is 0.870. The topological polar surface area (TPSA) is 0 Å². The number of thiophene rings is 1. The summed E-state index contributed by atoms with van der Waals surface area (Å²) in [5.41, 5.74) is 16.9. The number of hydrogen-bond donors (Lipinski definition) is 0. The lowest BCUT2D eigenvalue weighted by molar-refractivity contribution is 1.55. The van der Waals surface area contributed by atoms with Gasteiger partial charge in [0.15, 0.2) is 0 Å². The van der Waals surface area contributed by atoms with Gasteiger partial charge in [-0.05, 0) is 165 Å². The van der Waals surface area contributed by atoms with E-state index >= 15 is 0 Å². The zero-order valence-electron chi connectivity index (χ0n) is 36.7. The molecule has 0 radical (unpaired) electrons. The van der Waals surface area contributed by atoms with Crippen LogP contribution in [0.25, 0.3) is 130 Å². The highest BCUT2D eigenvalue weighted by Gasteiger charge is 2.15. The highest BCUT2D eigenvalue weighted by molar-refractivity contribution is 7.26. The van der Waals surface area contributed by atoms with Crippen molar-refractivity contribution in [3.63, 3.8) is 0 Å². The van der Waals surface area contributed by atoms with E-state index in [4.69, 9.17) is 0 Å². The van der Waals surface area contributed by atoms with E-state index in [-0.39, 0.29) is 0 Å². The third-order valence-corrected chi connectivity index (χ3v) is 14.8. The molecule has 0 fully saturated rings. The Hall–Kier alpha value is -8.36. The quantitative estimate of drug-likeness (QED) is 0.140. The van der Waals surface area contributed by atoms with Crippen LogP contribution in [0, 0.1) is 0 Å². The molecule has 1 heterocycles. The number of fused-ring (bicyclic) bond motifs is 9. The van der Waals surface area contributed by atoms with Gasteiger partial charge in [-0.3, -0.25) is 0 Å². The Kier molecular flexibility index (Phi) is 9.48. The van der Waals surface area contributed by atoms with Crippen molar-refractivity contribution in [2.75, 3.05) is 0 Å². The van der Waals surface area contributed by atoms with Crippen LogP contribution in [0.2, 0.25) is 0 Å². The van der Waals surface area contributed by atoms with E-state index in [1.807, 2.05) is 11.3 Å². The van der Waals surface area contributed by atoms with Gasteiger partial charge in [0.05, 0.1) is 0 Å². The summed E-state index contributed by atoms with van der Waals surface area (Å²) in [4.78, 5) is 0. The molecule has 0 spiro atoms. The molecule has 0 N–H and O–H groups in total. The van der Waals surface area contributed by atoms with Gasteiger partial charge in [-0.15, -0.1) is 11.3 Å². The monoisotopic (exact) mass is 866 g/mol. The standard InChI is InChI=1S/C66H42S/c1-2-15-43(16-3-1)53-39-54(41-55(40-53)50-23-12-19-46(37-50)48-21-13-24-52(38-48)56-30-14-31-63-62-29-8-9-32-65(62)67-66(56)63)49-22-11-18-45(36-49)44-17-10-20-47(35-44)51-33-34-61-59-27-5-4-25-57(59)58-26-6-7-28-60(58)64(61)42-51/h1-42H. The molecule has 1 heteroatoms. The molecule has 0 aliphatic rings. The minimum atomic E-state index is 1.19. The molecule has 13 aromatic rings. The smallest absolute Gasteiger partial charge is 0.0433 e. The van der Waals surface area contributed by atoms with Crippen LogP contribution in [-0.4, -0.2) is 0 Å². The molecule has 67 heavy (non-hydrogen) atoms. The van der Waals surface area contributed by atoms with Gasteiger partial charge in [0.1, 0.15) is 0 Å². The third-order valence-electron chi connectivity index (χ3n) is 13.6. The molecular formula is C66H42S. The lowest BCUT2D eigenvalue weighted by Crippen LogP contribution is -1.88. The predicted molar refractivity (Wildman–Crippen MR) is 290 cm³/mol. The maximum atomic E-state index is 2.38. The van der Waals surface area contributed by atoms with Gasteiger partial charge < -0.3 is 0 Å². The second-order valence-corrected chi connectivity index (χ2v) is 18.7. The first-order valence-electron chi connectivity index (χ1n) is 23.1. The average Bonchev–Trinajstić information content (AvgIpc) is 3.80. The highest BCUT2D eigenvalue weighted by atomic mass is 32.1. The van der Waals surface area contributed by atoms with Crippen molar-refractivity contribution in [1.29, 1.82) is 0 Å². The second kappa shape index (κ2) is 16.3. The maximum absolute atomic E-state index is 2.38. The van der Waals surface area contributed by atoms with E-state index in [2.05, 4.69) is 255 Å². The van der Waals surface area contributed by atoms with Crippen molar-refractivity contribution < 1.29 is 0 Å². The fraction of sp³-hybridized carbons (Fsp3) is 0. The molecular weight excluding hydrogens is 825 g/mol. The molecule has 0 nitrogen and oxygen atoms in total. The summed E-state index contributed by atoms with van der Waals surface area (Å²) < 4.78 is 2.66. The number of benzene rings is 12. The van der Waals surface area contributed by atoms with Gasteiger partial charge in [0.25, 0.3) is 0 Å². The fourth-order valence-corrected chi connectivity index (χ4v) is 11.6. The summed E-state index contributed by atoms with van der Waals surface area (Å²) >= 11 is 1.88. The molecule has 0 amide bonds. The van der Waals surface area contributed by atoms with Crippen molar-refractivity contribution in [3.8, 4) is 77.9 Å². The van der Waals surface area contributed by atoms with Crippen LogP contribution in [0.5, 0.6) is 0 Å². The first kappa shape index (κ1) is 39.0. The maximum Gasteiger partial charge on any atom is 0.0433 e. The lowest BCUT2D eigenvalue weighted by Gasteiger charge is -2.14. The molecule has 0 unspecified atom stereocenters. The van der Waals surface area contributed by atoms with Crippen molar-refractivity contribution >= 4 is 63.8 Å². The summed E-state index contributed by atoms with van der Waals surface area (Å²) in [5, 5.41) is 10.4. The summed E-state index contributed by atoms with van der Waals surface area (Å²) in [6.07, 6.45) is 0. The van der Waals surface area contributed by atoms with E-state index in [0.717, 1.165) is 0 Å². The van der Waals surface area contributed by atoms with Crippen LogP contribution in [0.3, 0.4) is 0 Å². The zero-order valence-corrected chi connectivity index (χ0v) is 37.5. The summed E-state index contributed by atoms with van der Waals surface area (Å²) in [5.74, 6) is 0. The molecule has 0 aliphatic heterocycles. The van der Waals surface area contributed by atoms with Gasteiger partial charge in [0, 0.05) is 20.2 Å². The van der Waals surface area contributed by atoms with Crippen molar-refractivity contribution in [2.24, 2.45) is 0 Å². The molecule has 1 aromatic heterocycles. The van der Waals surface area contributed by atoms with Crippen LogP contribution < -0.4 is 0 Å². The van der Waals surface area contributed by atoms with Crippen LogP contribution in [0.4, 0.5) is 0 Å². The molecule has 12 aromatic carbocycles. The highest BCUT2D eigenvalue weighted by Crippen LogP contribution is 2.42. The Morgan fingerprint density at radius 3 is 1.07 bits per heavy atom. The minimum absolute atomic E-state index is 1.19. The Labute approximate surface area is 394 Å². The first-order valence-corrected chi connectivity index (χ1v) is 23.9. The normalized spacial score (nSPS) is 11.6.